The largest absolute Gasteiger partial charge is 0.396 e. The van der Waals surface area contributed by atoms with E-state index in [2.05, 4.69) is 0 Å². The van der Waals surface area contributed by atoms with Gasteiger partial charge in [0.05, 0.1) is 0 Å². The Bertz CT molecular complexity index is 101. The Morgan fingerprint density at radius 1 is 1.56 bits per heavy atom. The van der Waals surface area contributed by atoms with Gasteiger partial charge in [0.25, 0.3) is 0 Å². The van der Waals surface area contributed by atoms with Crippen molar-refractivity contribution < 1.29 is 9.90 Å². The number of hydrogen-bond acceptors (Lipinski definition) is 2. The van der Waals surface area contributed by atoms with E-state index in [0.717, 1.165) is 25.5 Å². The maximum Gasteiger partial charge on any atom is 0.123 e. The molecule has 0 radical (unpaired) electrons. The Kier molecular flexibility index (Phi) is 2.22. The van der Waals surface area contributed by atoms with Crippen molar-refractivity contribution >= 4 is 6.29 Å². The minimum atomic E-state index is 0.148. The predicted octanol–water partition coefficient (Wildman–Crippen LogP) is 0.594. The molecule has 1 rings (SSSR count). The molecule has 0 aliphatic heterocycles. The summed E-state index contributed by atoms with van der Waals surface area (Å²) < 4.78 is 0. The van der Waals surface area contributed by atoms with Crippen LogP contribution in [0.15, 0.2) is 0 Å². The van der Waals surface area contributed by atoms with Gasteiger partial charge in [0.1, 0.15) is 6.29 Å². The van der Waals surface area contributed by atoms with Crippen LogP contribution < -0.4 is 0 Å². The molecule has 1 unspecified atom stereocenters. The molecule has 0 heterocycles. The van der Waals surface area contributed by atoms with Gasteiger partial charge in [0, 0.05) is 12.5 Å². The number of rotatable bonds is 2. The molecule has 2 atom stereocenters. The summed E-state index contributed by atoms with van der Waals surface area (Å²) in [6, 6.07) is 0. The molecule has 52 valence electrons. The molecular formula is C7H12O2. The normalized spacial score (nSPS) is 34.8. The molecule has 0 aromatic rings. The van der Waals surface area contributed by atoms with Crippen LogP contribution in [0.2, 0.25) is 0 Å². The summed E-state index contributed by atoms with van der Waals surface area (Å²) in [4.78, 5) is 10.3. The second kappa shape index (κ2) is 2.97. The fourth-order valence-corrected chi connectivity index (χ4v) is 1.47. The molecule has 0 bridgehead atoms. The van der Waals surface area contributed by atoms with Crippen LogP contribution in [0.25, 0.3) is 0 Å². The first-order chi connectivity index (χ1) is 4.38. The lowest BCUT2D eigenvalue weighted by Crippen LogP contribution is -2.12. The highest BCUT2D eigenvalue weighted by Crippen LogP contribution is 2.29. The van der Waals surface area contributed by atoms with Crippen LogP contribution in [0.5, 0.6) is 0 Å². The van der Waals surface area contributed by atoms with Crippen molar-refractivity contribution in [2.24, 2.45) is 11.8 Å². The molecule has 0 aromatic carbocycles. The fourth-order valence-electron chi connectivity index (χ4n) is 1.47. The van der Waals surface area contributed by atoms with Crippen molar-refractivity contribution in [2.75, 3.05) is 6.61 Å². The minimum absolute atomic E-state index is 0.148. The van der Waals surface area contributed by atoms with Gasteiger partial charge in [-0.3, -0.25) is 0 Å². The zero-order chi connectivity index (χ0) is 6.69. The number of aliphatic hydroxyl groups is 1. The fraction of sp³-hybridized carbons (Fsp3) is 0.857. The number of carbonyl (C=O) groups is 1. The predicted molar refractivity (Wildman–Crippen MR) is 34.0 cm³/mol. The zero-order valence-electron chi connectivity index (χ0n) is 5.42. The monoisotopic (exact) mass is 128 g/mol. The summed E-state index contributed by atoms with van der Waals surface area (Å²) in [5, 5.41) is 8.71. The molecule has 0 saturated heterocycles. The van der Waals surface area contributed by atoms with E-state index in [1.165, 1.54) is 0 Å². The average molecular weight is 128 g/mol. The van der Waals surface area contributed by atoms with Crippen LogP contribution in [-0.4, -0.2) is 18.0 Å². The van der Waals surface area contributed by atoms with Crippen molar-refractivity contribution in [3.63, 3.8) is 0 Å². The molecule has 9 heavy (non-hydrogen) atoms. The van der Waals surface area contributed by atoms with Crippen molar-refractivity contribution in [1.29, 1.82) is 0 Å². The number of carbonyl (C=O) groups excluding carboxylic acids is 1. The summed E-state index contributed by atoms with van der Waals surface area (Å²) in [5.41, 5.74) is 0. The SMILES string of the molecule is O=CC1CCC[C@H]1CO. The molecule has 1 fully saturated rings. The highest BCUT2D eigenvalue weighted by molar-refractivity contribution is 5.54. The third-order valence-electron chi connectivity index (χ3n) is 2.13. The van der Waals surface area contributed by atoms with Gasteiger partial charge in [-0.05, 0) is 18.8 Å². The molecule has 2 nitrogen and oxygen atoms in total. The smallest absolute Gasteiger partial charge is 0.123 e. The third-order valence-corrected chi connectivity index (χ3v) is 2.13. The third kappa shape index (κ3) is 1.30. The van der Waals surface area contributed by atoms with Gasteiger partial charge in [-0.25, -0.2) is 0 Å². The van der Waals surface area contributed by atoms with Crippen LogP contribution in [0, 0.1) is 11.8 Å². The maximum absolute atomic E-state index is 10.3. The van der Waals surface area contributed by atoms with Gasteiger partial charge in [-0.2, -0.15) is 0 Å². The van der Waals surface area contributed by atoms with E-state index < -0.39 is 0 Å². The van der Waals surface area contributed by atoms with E-state index in [1.807, 2.05) is 0 Å². The Morgan fingerprint density at radius 2 is 2.33 bits per heavy atom. The number of hydrogen-bond donors (Lipinski definition) is 1. The molecular weight excluding hydrogens is 116 g/mol. The van der Waals surface area contributed by atoms with Gasteiger partial charge in [-0.15, -0.1) is 0 Å². The molecule has 1 aliphatic carbocycles. The van der Waals surface area contributed by atoms with Gasteiger partial charge in [0.2, 0.25) is 0 Å². The first-order valence-electron chi connectivity index (χ1n) is 3.44. The molecule has 1 saturated carbocycles. The Labute approximate surface area is 54.9 Å². The van der Waals surface area contributed by atoms with Crippen LogP contribution in [0.1, 0.15) is 19.3 Å². The van der Waals surface area contributed by atoms with E-state index in [-0.39, 0.29) is 18.4 Å². The zero-order valence-corrected chi connectivity index (χ0v) is 5.42. The lowest BCUT2D eigenvalue weighted by Gasteiger charge is -2.08. The van der Waals surface area contributed by atoms with Crippen LogP contribution >= 0.6 is 0 Å². The van der Waals surface area contributed by atoms with Gasteiger partial charge in [-0.1, -0.05) is 6.42 Å². The molecule has 0 amide bonds. The van der Waals surface area contributed by atoms with E-state index in [0.29, 0.717) is 0 Å². The summed E-state index contributed by atoms with van der Waals surface area (Å²) >= 11 is 0. The van der Waals surface area contributed by atoms with Crippen molar-refractivity contribution in [3.8, 4) is 0 Å². The maximum atomic E-state index is 10.3. The second-order valence-electron chi connectivity index (χ2n) is 2.67. The highest BCUT2D eigenvalue weighted by atomic mass is 16.3. The Balaban J connectivity index is 2.41. The first kappa shape index (κ1) is 6.75. The summed E-state index contributed by atoms with van der Waals surface area (Å²) in [6.45, 7) is 0.184. The van der Waals surface area contributed by atoms with Crippen LogP contribution in [0.3, 0.4) is 0 Å². The number of aldehydes is 1. The van der Waals surface area contributed by atoms with E-state index >= 15 is 0 Å². The van der Waals surface area contributed by atoms with Gasteiger partial charge >= 0.3 is 0 Å². The summed E-state index contributed by atoms with van der Waals surface area (Å²) in [5.74, 6) is 0.414. The standard InChI is InChI=1S/C7H12O2/c8-4-6-2-1-3-7(6)5-9/h4,6-7,9H,1-3,5H2/t6?,7-/m0/s1. The Morgan fingerprint density at radius 3 is 2.78 bits per heavy atom. The van der Waals surface area contributed by atoms with Crippen molar-refractivity contribution in [3.05, 3.63) is 0 Å². The lowest BCUT2D eigenvalue weighted by molar-refractivity contribution is -0.112. The lowest BCUT2D eigenvalue weighted by atomic mass is 9.99. The van der Waals surface area contributed by atoms with E-state index in [9.17, 15) is 4.79 Å². The number of aliphatic hydroxyl groups excluding tert-OH is 1. The van der Waals surface area contributed by atoms with Crippen LogP contribution in [-0.2, 0) is 4.79 Å². The molecule has 0 spiro atoms. The molecule has 0 aromatic heterocycles. The van der Waals surface area contributed by atoms with E-state index in [4.69, 9.17) is 5.11 Å². The van der Waals surface area contributed by atoms with Gasteiger partial charge < -0.3 is 9.90 Å². The molecule has 1 aliphatic rings. The van der Waals surface area contributed by atoms with Gasteiger partial charge in [0.15, 0.2) is 0 Å². The quantitative estimate of drug-likeness (QED) is 0.553. The highest BCUT2D eigenvalue weighted by Gasteiger charge is 2.25. The molecule has 2 heteroatoms. The van der Waals surface area contributed by atoms with Crippen molar-refractivity contribution in [2.45, 2.75) is 19.3 Å². The van der Waals surface area contributed by atoms with Crippen LogP contribution in [0.4, 0.5) is 0 Å². The minimum Gasteiger partial charge on any atom is -0.396 e. The van der Waals surface area contributed by atoms with E-state index in [1.54, 1.807) is 0 Å². The topological polar surface area (TPSA) is 37.3 Å². The van der Waals surface area contributed by atoms with Crippen molar-refractivity contribution in [1.82, 2.24) is 0 Å². The Hall–Kier alpha value is -0.370. The average Bonchev–Trinajstić information content (AvgIpc) is 2.33. The summed E-state index contributed by atoms with van der Waals surface area (Å²) in [6.07, 6.45) is 4.09. The first-order valence-corrected chi connectivity index (χ1v) is 3.44. The summed E-state index contributed by atoms with van der Waals surface area (Å²) in [7, 11) is 0. The molecule has 1 N–H and O–H groups in total. The second-order valence-corrected chi connectivity index (χ2v) is 2.67.